The van der Waals surface area contributed by atoms with Crippen LogP contribution in [0.15, 0.2) is 33.7 Å². The van der Waals surface area contributed by atoms with E-state index in [2.05, 4.69) is 9.88 Å². The van der Waals surface area contributed by atoms with Crippen LogP contribution in [0.3, 0.4) is 0 Å². The summed E-state index contributed by atoms with van der Waals surface area (Å²) >= 11 is 0. The highest BCUT2D eigenvalue weighted by Gasteiger charge is 2.18. The lowest BCUT2D eigenvalue weighted by molar-refractivity contribution is 0.377. The molecule has 0 saturated heterocycles. The first-order valence-electron chi connectivity index (χ1n) is 5.85. The molecule has 0 saturated carbocycles. The van der Waals surface area contributed by atoms with E-state index in [1.165, 1.54) is 6.07 Å². The molecule has 2 aromatic rings. The van der Waals surface area contributed by atoms with Gasteiger partial charge in [-0.2, -0.15) is 5.26 Å². The minimum atomic E-state index is -3.70. The van der Waals surface area contributed by atoms with Crippen LogP contribution in [0.25, 0.3) is 0 Å². The molecule has 6 nitrogen and oxygen atoms in total. The van der Waals surface area contributed by atoms with Crippen LogP contribution < -0.4 is 4.72 Å². The van der Waals surface area contributed by atoms with Gasteiger partial charge in [0.25, 0.3) is 0 Å². The van der Waals surface area contributed by atoms with E-state index in [1.54, 1.807) is 32.0 Å². The van der Waals surface area contributed by atoms with Gasteiger partial charge in [0.2, 0.25) is 10.0 Å². The monoisotopic (exact) mass is 291 g/mol. The van der Waals surface area contributed by atoms with Crippen molar-refractivity contribution in [2.24, 2.45) is 0 Å². The first kappa shape index (κ1) is 14.2. The molecule has 0 aliphatic rings. The number of hydrogen-bond donors (Lipinski definition) is 1. The third-order valence-electron chi connectivity index (χ3n) is 2.72. The quantitative estimate of drug-likeness (QED) is 0.923. The highest BCUT2D eigenvalue weighted by atomic mass is 32.2. The van der Waals surface area contributed by atoms with Crippen molar-refractivity contribution in [3.05, 3.63) is 46.8 Å². The van der Waals surface area contributed by atoms with E-state index in [9.17, 15) is 8.42 Å². The number of hydrogen-bond acceptors (Lipinski definition) is 5. The minimum Gasteiger partial charge on any atom is -0.360 e. The van der Waals surface area contributed by atoms with Crippen molar-refractivity contribution in [2.45, 2.75) is 25.3 Å². The number of benzene rings is 1. The van der Waals surface area contributed by atoms with Gasteiger partial charge in [-0.15, -0.1) is 0 Å². The summed E-state index contributed by atoms with van der Waals surface area (Å²) in [6.45, 7) is 3.44. The van der Waals surface area contributed by atoms with Crippen molar-refractivity contribution in [3.8, 4) is 6.07 Å². The van der Waals surface area contributed by atoms with Crippen LogP contribution in [-0.2, 0) is 16.6 Å². The lowest BCUT2D eigenvalue weighted by Crippen LogP contribution is -2.23. The fourth-order valence-corrected chi connectivity index (χ4v) is 2.96. The summed E-state index contributed by atoms with van der Waals surface area (Å²) in [5.41, 5.74) is 1.55. The van der Waals surface area contributed by atoms with Crippen molar-refractivity contribution in [1.29, 1.82) is 5.26 Å². The Morgan fingerprint density at radius 3 is 2.70 bits per heavy atom. The summed E-state index contributed by atoms with van der Waals surface area (Å²) in [4.78, 5) is 0.0905. The Hall–Kier alpha value is -2.17. The first-order valence-corrected chi connectivity index (χ1v) is 7.33. The molecule has 0 spiro atoms. The van der Waals surface area contributed by atoms with E-state index in [0.717, 1.165) is 0 Å². The Labute approximate surface area is 117 Å². The molecular weight excluding hydrogens is 278 g/mol. The maximum Gasteiger partial charge on any atom is 0.241 e. The molecule has 0 fully saturated rings. The maximum atomic E-state index is 12.2. The topological polar surface area (TPSA) is 96.0 Å². The molecule has 1 N–H and O–H groups in total. The Kier molecular flexibility index (Phi) is 3.88. The number of nitriles is 1. The predicted molar refractivity (Wildman–Crippen MR) is 71.2 cm³/mol. The summed E-state index contributed by atoms with van der Waals surface area (Å²) in [6.07, 6.45) is 0. The van der Waals surface area contributed by atoms with Gasteiger partial charge in [-0.05, 0) is 31.5 Å². The molecule has 0 unspecified atom stereocenters. The van der Waals surface area contributed by atoms with Gasteiger partial charge in [-0.1, -0.05) is 11.2 Å². The van der Waals surface area contributed by atoms with Gasteiger partial charge in [-0.25, -0.2) is 13.1 Å². The van der Waals surface area contributed by atoms with E-state index in [4.69, 9.17) is 9.78 Å². The Bertz CT molecular complexity index is 772. The molecule has 0 aliphatic carbocycles. The molecule has 1 heterocycles. The van der Waals surface area contributed by atoms with Crippen molar-refractivity contribution in [1.82, 2.24) is 9.88 Å². The number of aryl methyl sites for hydroxylation is 2. The van der Waals surface area contributed by atoms with Gasteiger partial charge in [0.05, 0.1) is 28.8 Å². The van der Waals surface area contributed by atoms with Crippen LogP contribution >= 0.6 is 0 Å². The molecule has 1 aromatic carbocycles. The fourth-order valence-electron chi connectivity index (χ4n) is 1.70. The second kappa shape index (κ2) is 5.45. The third-order valence-corrected chi connectivity index (χ3v) is 4.26. The third kappa shape index (κ3) is 3.04. The van der Waals surface area contributed by atoms with Crippen molar-refractivity contribution >= 4 is 10.0 Å². The summed E-state index contributed by atoms with van der Waals surface area (Å²) in [5, 5.41) is 12.5. The summed E-state index contributed by atoms with van der Waals surface area (Å²) in [7, 11) is -3.70. The molecule has 20 heavy (non-hydrogen) atoms. The molecule has 0 aliphatic heterocycles. The molecule has 0 atom stereocenters. The Morgan fingerprint density at radius 2 is 2.10 bits per heavy atom. The van der Waals surface area contributed by atoms with E-state index in [-0.39, 0.29) is 11.4 Å². The molecule has 7 heteroatoms. The van der Waals surface area contributed by atoms with Crippen LogP contribution in [0, 0.1) is 25.2 Å². The number of rotatable bonds is 4. The summed E-state index contributed by atoms with van der Waals surface area (Å²) in [6, 6.07) is 8.11. The molecule has 1 aromatic heterocycles. The highest BCUT2D eigenvalue weighted by molar-refractivity contribution is 7.89. The average Bonchev–Trinajstić information content (AvgIpc) is 2.83. The second-order valence-electron chi connectivity index (χ2n) is 4.35. The molecule has 0 amide bonds. The van der Waals surface area contributed by atoms with Crippen molar-refractivity contribution in [3.63, 3.8) is 0 Å². The fraction of sp³-hybridized carbons (Fsp3) is 0.231. The molecule has 104 valence electrons. The standard InChI is InChI=1S/C13H13N3O3S/c1-9-3-4-11(7-14)6-13(9)20(17,18)15-8-12-5-10(2)16-19-12/h3-6,15H,8H2,1-2H3. The Balaban J connectivity index is 2.24. The summed E-state index contributed by atoms with van der Waals surface area (Å²) < 4.78 is 31.8. The van der Waals surface area contributed by atoms with Gasteiger partial charge in [-0.3, -0.25) is 0 Å². The van der Waals surface area contributed by atoms with Crippen LogP contribution in [0.2, 0.25) is 0 Å². The van der Waals surface area contributed by atoms with E-state index < -0.39 is 10.0 Å². The van der Waals surface area contributed by atoms with Gasteiger partial charge in [0, 0.05) is 6.07 Å². The van der Waals surface area contributed by atoms with Gasteiger partial charge in [0.15, 0.2) is 5.76 Å². The number of nitrogens with zero attached hydrogens (tertiary/aromatic N) is 2. The van der Waals surface area contributed by atoms with E-state index in [0.29, 0.717) is 22.6 Å². The van der Waals surface area contributed by atoms with Crippen LogP contribution in [-0.4, -0.2) is 13.6 Å². The normalized spacial score (nSPS) is 11.2. The van der Waals surface area contributed by atoms with Crippen LogP contribution in [0.5, 0.6) is 0 Å². The minimum absolute atomic E-state index is 0.0133. The van der Waals surface area contributed by atoms with Gasteiger partial charge >= 0.3 is 0 Å². The average molecular weight is 291 g/mol. The molecular formula is C13H13N3O3S. The van der Waals surface area contributed by atoms with E-state index in [1.807, 2.05) is 6.07 Å². The van der Waals surface area contributed by atoms with Gasteiger partial charge < -0.3 is 4.52 Å². The molecule has 0 radical (unpaired) electrons. The highest BCUT2D eigenvalue weighted by Crippen LogP contribution is 2.17. The molecule has 0 bridgehead atoms. The number of nitrogens with one attached hydrogen (secondary N) is 1. The van der Waals surface area contributed by atoms with Crippen molar-refractivity contribution in [2.75, 3.05) is 0 Å². The van der Waals surface area contributed by atoms with E-state index >= 15 is 0 Å². The first-order chi connectivity index (χ1) is 9.42. The number of sulfonamides is 1. The maximum absolute atomic E-state index is 12.2. The zero-order chi connectivity index (χ0) is 14.8. The van der Waals surface area contributed by atoms with Gasteiger partial charge in [0.1, 0.15) is 0 Å². The molecule has 2 rings (SSSR count). The van der Waals surface area contributed by atoms with Crippen molar-refractivity contribution < 1.29 is 12.9 Å². The zero-order valence-corrected chi connectivity index (χ0v) is 11.9. The SMILES string of the molecule is Cc1cc(CNS(=O)(=O)c2cc(C#N)ccc2C)on1. The van der Waals surface area contributed by atoms with Crippen LogP contribution in [0.1, 0.15) is 22.6 Å². The smallest absolute Gasteiger partial charge is 0.241 e. The Morgan fingerprint density at radius 1 is 1.35 bits per heavy atom. The van der Waals surface area contributed by atoms with Crippen LogP contribution in [0.4, 0.5) is 0 Å². The largest absolute Gasteiger partial charge is 0.360 e. The lowest BCUT2D eigenvalue weighted by Gasteiger charge is -2.08. The predicted octanol–water partition coefficient (Wildman–Crippen LogP) is 1.64. The number of aromatic nitrogens is 1. The second-order valence-corrected chi connectivity index (χ2v) is 6.09. The lowest BCUT2D eigenvalue weighted by atomic mass is 10.2. The summed E-state index contributed by atoms with van der Waals surface area (Å²) in [5.74, 6) is 0.431. The zero-order valence-electron chi connectivity index (χ0n) is 11.0.